The van der Waals surface area contributed by atoms with Crippen molar-refractivity contribution in [3.05, 3.63) is 70.8 Å². The lowest BCUT2D eigenvalue weighted by Gasteiger charge is -2.16. The number of aliphatic imine (C=N–C) groups is 1. The van der Waals surface area contributed by atoms with Crippen molar-refractivity contribution >= 4 is 17.8 Å². The van der Waals surface area contributed by atoms with Gasteiger partial charge in [-0.2, -0.15) is 0 Å². The van der Waals surface area contributed by atoms with Gasteiger partial charge in [0.25, 0.3) is 0 Å². The van der Waals surface area contributed by atoms with Gasteiger partial charge in [-0.15, -0.1) is 6.58 Å². The van der Waals surface area contributed by atoms with Crippen LogP contribution in [0.2, 0.25) is 0 Å². The topological polar surface area (TPSA) is 76.4 Å². The lowest BCUT2D eigenvalue weighted by atomic mass is 9.92. The van der Waals surface area contributed by atoms with Crippen LogP contribution in [0.5, 0.6) is 0 Å². The Kier molecular flexibility index (Phi) is 18.6. The van der Waals surface area contributed by atoms with Crippen molar-refractivity contribution in [3.8, 4) is 0 Å². The zero-order valence-electron chi connectivity index (χ0n) is 23.0. The van der Waals surface area contributed by atoms with E-state index in [9.17, 15) is 4.39 Å². The SMILES string of the molecule is C=C(C)CCCCCNC(=C)Cc1ccc(CCCCC(CCCCN)CC/N=C\C(Cl)=C/N)cc1F. The van der Waals surface area contributed by atoms with Gasteiger partial charge in [0.1, 0.15) is 5.82 Å². The molecule has 0 aromatic heterocycles. The normalized spacial score (nSPS) is 12.7. The maximum Gasteiger partial charge on any atom is 0.127 e. The van der Waals surface area contributed by atoms with Gasteiger partial charge in [0, 0.05) is 37.6 Å². The third-order valence-corrected chi connectivity index (χ3v) is 6.83. The highest BCUT2D eigenvalue weighted by molar-refractivity contribution is 6.39. The first-order valence-electron chi connectivity index (χ1n) is 14.0. The number of unbranched alkanes of at least 4 members (excludes halogenated alkanes) is 4. The Balaban J connectivity index is 2.38. The number of allylic oxidation sites excluding steroid dienone is 3. The number of rotatable bonds is 22. The Labute approximate surface area is 230 Å². The summed E-state index contributed by atoms with van der Waals surface area (Å²) in [5, 5.41) is 3.81. The van der Waals surface area contributed by atoms with Gasteiger partial charge in [-0.3, -0.25) is 4.99 Å². The van der Waals surface area contributed by atoms with Crippen LogP contribution in [0.1, 0.15) is 88.7 Å². The molecule has 0 saturated heterocycles. The Morgan fingerprint density at radius 1 is 1.08 bits per heavy atom. The summed E-state index contributed by atoms with van der Waals surface area (Å²) < 4.78 is 14.7. The van der Waals surface area contributed by atoms with E-state index >= 15 is 0 Å². The fourth-order valence-corrected chi connectivity index (χ4v) is 4.47. The molecule has 0 aliphatic heterocycles. The van der Waals surface area contributed by atoms with Crippen molar-refractivity contribution in [2.24, 2.45) is 22.4 Å². The zero-order chi connectivity index (χ0) is 27.3. The first-order valence-corrected chi connectivity index (χ1v) is 14.3. The van der Waals surface area contributed by atoms with E-state index in [2.05, 4.69) is 36.5 Å². The molecule has 1 aromatic carbocycles. The van der Waals surface area contributed by atoms with Crippen molar-refractivity contribution in [1.29, 1.82) is 0 Å². The molecular weight excluding hydrogens is 483 g/mol. The largest absolute Gasteiger partial charge is 0.403 e. The van der Waals surface area contributed by atoms with Crippen LogP contribution in [0.25, 0.3) is 0 Å². The van der Waals surface area contributed by atoms with Crippen LogP contribution in [0.15, 0.2) is 58.9 Å². The minimum Gasteiger partial charge on any atom is -0.403 e. The fraction of sp³-hybridized carbons (Fsp3) is 0.581. The summed E-state index contributed by atoms with van der Waals surface area (Å²) in [5.41, 5.74) is 14.9. The monoisotopic (exact) mass is 532 g/mol. The molecule has 0 fully saturated rings. The van der Waals surface area contributed by atoms with Gasteiger partial charge in [-0.25, -0.2) is 4.39 Å². The van der Waals surface area contributed by atoms with E-state index in [1.807, 2.05) is 6.07 Å². The van der Waals surface area contributed by atoms with Crippen molar-refractivity contribution in [1.82, 2.24) is 5.32 Å². The molecule has 0 amide bonds. The van der Waals surface area contributed by atoms with Crippen LogP contribution < -0.4 is 16.8 Å². The fourth-order valence-electron chi connectivity index (χ4n) is 4.40. The van der Waals surface area contributed by atoms with Gasteiger partial charge >= 0.3 is 0 Å². The minimum atomic E-state index is -0.135. The number of nitrogens with two attached hydrogens (primary N) is 2. The highest BCUT2D eigenvalue weighted by Gasteiger charge is 2.09. The number of nitrogens with one attached hydrogen (secondary N) is 1. The molecule has 0 bridgehead atoms. The number of hydrogen-bond acceptors (Lipinski definition) is 4. The third-order valence-electron chi connectivity index (χ3n) is 6.61. The zero-order valence-corrected chi connectivity index (χ0v) is 23.8. The van der Waals surface area contributed by atoms with Gasteiger partial charge in [-0.05, 0) is 81.5 Å². The lowest BCUT2D eigenvalue weighted by Crippen LogP contribution is -2.16. The van der Waals surface area contributed by atoms with Crippen LogP contribution in [0.3, 0.4) is 0 Å². The molecular formula is C31H50ClFN4. The average Bonchev–Trinajstić information content (AvgIpc) is 2.87. The van der Waals surface area contributed by atoms with Crippen LogP contribution in [-0.4, -0.2) is 25.8 Å². The molecule has 0 heterocycles. The predicted octanol–water partition coefficient (Wildman–Crippen LogP) is 7.57. The number of nitrogens with zero attached hydrogens (tertiary/aromatic N) is 1. The van der Waals surface area contributed by atoms with E-state index in [-0.39, 0.29) is 5.82 Å². The predicted molar refractivity (Wildman–Crippen MR) is 161 cm³/mol. The molecule has 0 radical (unpaired) electrons. The molecule has 0 aliphatic carbocycles. The second kappa shape index (κ2) is 20.9. The van der Waals surface area contributed by atoms with Crippen LogP contribution in [0, 0.1) is 11.7 Å². The molecule has 0 saturated carbocycles. The van der Waals surface area contributed by atoms with Crippen LogP contribution >= 0.6 is 11.6 Å². The highest BCUT2D eigenvalue weighted by Crippen LogP contribution is 2.22. The second-order valence-electron chi connectivity index (χ2n) is 10.2. The van der Waals surface area contributed by atoms with Gasteiger partial charge < -0.3 is 16.8 Å². The molecule has 0 spiro atoms. The van der Waals surface area contributed by atoms with E-state index in [4.69, 9.17) is 23.1 Å². The van der Waals surface area contributed by atoms with Gasteiger partial charge in [0.05, 0.1) is 5.03 Å². The standard InChI is InChI=1S/C31H50ClFN4/c1-25(2)11-5-4-10-19-37-26(3)21-29-16-15-28(22-31(29)33)14-7-6-12-27(13-8-9-18-34)17-20-36-24-30(32)23-35/h15-16,22-24,27,37H,1,3-14,17-21,34-35H2,2H3/b30-23+,36-24-. The summed E-state index contributed by atoms with van der Waals surface area (Å²) in [6.45, 7) is 12.5. The number of benzene rings is 1. The van der Waals surface area contributed by atoms with Crippen molar-refractivity contribution < 1.29 is 4.39 Å². The Morgan fingerprint density at radius 2 is 1.84 bits per heavy atom. The molecule has 208 valence electrons. The molecule has 1 rings (SSSR count). The molecule has 37 heavy (non-hydrogen) atoms. The van der Waals surface area contributed by atoms with Gasteiger partial charge in [0.2, 0.25) is 0 Å². The second-order valence-corrected chi connectivity index (χ2v) is 10.6. The molecule has 4 nitrogen and oxygen atoms in total. The molecule has 1 aromatic rings. The summed E-state index contributed by atoms with van der Waals surface area (Å²) in [4.78, 5) is 4.37. The Bertz CT molecular complexity index is 850. The van der Waals surface area contributed by atoms with Crippen molar-refractivity contribution in [2.45, 2.75) is 90.4 Å². The lowest BCUT2D eigenvalue weighted by molar-refractivity contribution is 0.394. The first kappa shape index (κ1) is 32.9. The van der Waals surface area contributed by atoms with E-state index in [1.165, 1.54) is 31.0 Å². The highest BCUT2D eigenvalue weighted by atomic mass is 35.5. The number of aryl methyl sites for hydroxylation is 1. The van der Waals surface area contributed by atoms with Crippen molar-refractivity contribution in [2.75, 3.05) is 19.6 Å². The summed E-state index contributed by atoms with van der Waals surface area (Å²) in [6.07, 6.45) is 16.6. The Morgan fingerprint density at radius 3 is 2.51 bits per heavy atom. The number of halogens is 2. The van der Waals surface area contributed by atoms with Crippen molar-refractivity contribution in [3.63, 3.8) is 0 Å². The van der Waals surface area contributed by atoms with Crippen LogP contribution in [0.4, 0.5) is 4.39 Å². The first-order chi connectivity index (χ1) is 17.8. The summed E-state index contributed by atoms with van der Waals surface area (Å²) >= 11 is 5.87. The van der Waals surface area contributed by atoms with E-state index in [1.54, 1.807) is 12.3 Å². The quantitative estimate of drug-likeness (QED) is 0.0818. The third kappa shape index (κ3) is 17.1. The maximum absolute atomic E-state index is 14.7. The smallest absolute Gasteiger partial charge is 0.127 e. The molecule has 1 atom stereocenters. The maximum atomic E-state index is 14.7. The van der Waals surface area contributed by atoms with Gasteiger partial charge in [-0.1, -0.05) is 68.0 Å². The molecule has 0 aliphatic rings. The van der Waals surface area contributed by atoms with Gasteiger partial charge in [0.15, 0.2) is 0 Å². The summed E-state index contributed by atoms with van der Waals surface area (Å²) in [5.74, 6) is 0.484. The summed E-state index contributed by atoms with van der Waals surface area (Å²) in [7, 11) is 0. The Hall–Kier alpha value is -2.11. The van der Waals surface area contributed by atoms with E-state index in [0.717, 1.165) is 88.7 Å². The van der Waals surface area contributed by atoms with Crippen LogP contribution in [-0.2, 0) is 12.8 Å². The molecule has 5 N–H and O–H groups in total. The number of hydrogen-bond donors (Lipinski definition) is 3. The summed E-state index contributed by atoms with van der Waals surface area (Å²) in [6, 6.07) is 5.67. The molecule has 1 unspecified atom stereocenters. The van der Waals surface area contributed by atoms with E-state index in [0.29, 0.717) is 22.9 Å². The average molecular weight is 533 g/mol. The molecule has 6 heteroatoms. The van der Waals surface area contributed by atoms with E-state index < -0.39 is 0 Å². The minimum absolute atomic E-state index is 0.135.